The highest BCUT2D eigenvalue weighted by molar-refractivity contribution is 4.71. The first kappa shape index (κ1) is 9.66. The Morgan fingerprint density at radius 3 is 2.60 bits per heavy atom. The first-order valence-corrected chi connectivity index (χ1v) is 3.54. The summed E-state index contributed by atoms with van der Waals surface area (Å²) in [6.07, 6.45) is 2.74. The van der Waals surface area contributed by atoms with Crippen LogP contribution >= 0.6 is 0 Å². The lowest BCUT2D eigenvalue weighted by Crippen LogP contribution is -2.37. The molecule has 0 aliphatic carbocycles. The van der Waals surface area contributed by atoms with Crippen molar-refractivity contribution in [2.45, 2.75) is 25.8 Å². The predicted octanol–water partition coefficient (Wildman–Crippen LogP) is 1.32. The molecule has 0 unspecified atom stereocenters. The lowest BCUT2D eigenvalue weighted by atomic mass is 10.1. The lowest BCUT2D eigenvalue weighted by Gasteiger charge is -2.17. The maximum atomic E-state index is 5.67. The molecule has 0 aliphatic rings. The third-order valence-electron chi connectivity index (χ3n) is 0.940. The third-order valence-corrected chi connectivity index (χ3v) is 0.940. The normalized spacial score (nSPS) is 11.5. The summed E-state index contributed by atoms with van der Waals surface area (Å²) in [6.45, 7) is 8.81. The summed E-state index contributed by atoms with van der Waals surface area (Å²) >= 11 is 0. The van der Waals surface area contributed by atoms with E-state index >= 15 is 0 Å². The predicted molar refractivity (Wildman–Crippen MR) is 43.9 cm³/mol. The van der Waals surface area contributed by atoms with Gasteiger partial charge in [-0.25, -0.2) is 0 Å². The Balaban J connectivity index is 3.12. The first-order chi connectivity index (χ1) is 4.56. The Labute approximate surface area is 63.1 Å². The van der Waals surface area contributed by atoms with Gasteiger partial charge in [-0.05, 0) is 20.3 Å². The van der Waals surface area contributed by atoms with Gasteiger partial charge in [0, 0.05) is 5.54 Å². The molecule has 0 radical (unpaired) electrons. The van der Waals surface area contributed by atoms with E-state index in [0.29, 0.717) is 6.61 Å². The second-order valence-electron chi connectivity index (χ2n) is 3.12. The minimum absolute atomic E-state index is 0.207. The van der Waals surface area contributed by atoms with Crippen molar-refractivity contribution in [3.05, 3.63) is 12.7 Å². The number of hydrogen-bond donors (Lipinski definition) is 1. The molecule has 0 spiro atoms. The fraction of sp³-hybridized carbons (Fsp3) is 0.750. The fourth-order valence-corrected chi connectivity index (χ4v) is 0.502. The maximum Gasteiger partial charge on any atom is 0.0640 e. The van der Waals surface area contributed by atoms with Gasteiger partial charge in [-0.1, -0.05) is 6.08 Å². The van der Waals surface area contributed by atoms with Crippen molar-refractivity contribution in [2.75, 3.05) is 13.2 Å². The summed E-state index contributed by atoms with van der Waals surface area (Å²) in [6, 6.07) is 0. The van der Waals surface area contributed by atoms with Crippen LogP contribution in [0.4, 0.5) is 0 Å². The summed E-state index contributed by atoms with van der Waals surface area (Å²) < 4.78 is 5.24. The summed E-state index contributed by atoms with van der Waals surface area (Å²) in [5.74, 6) is 0. The van der Waals surface area contributed by atoms with Crippen LogP contribution in [-0.4, -0.2) is 18.8 Å². The third kappa shape index (κ3) is 7.66. The van der Waals surface area contributed by atoms with Crippen molar-refractivity contribution in [3.8, 4) is 0 Å². The molecule has 0 rings (SSSR count). The van der Waals surface area contributed by atoms with Crippen LogP contribution in [0.15, 0.2) is 12.7 Å². The Kier molecular flexibility index (Phi) is 4.32. The van der Waals surface area contributed by atoms with Crippen LogP contribution in [0.3, 0.4) is 0 Å². The van der Waals surface area contributed by atoms with Gasteiger partial charge < -0.3 is 10.5 Å². The molecule has 0 amide bonds. The Hall–Kier alpha value is -0.340. The summed E-state index contributed by atoms with van der Waals surface area (Å²) in [4.78, 5) is 0. The van der Waals surface area contributed by atoms with E-state index in [1.165, 1.54) is 0 Å². The van der Waals surface area contributed by atoms with Crippen LogP contribution in [-0.2, 0) is 4.74 Å². The van der Waals surface area contributed by atoms with Crippen LogP contribution < -0.4 is 5.73 Å². The van der Waals surface area contributed by atoms with Gasteiger partial charge in [0.25, 0.3) is 0 Å². The van der Waals surface area contributed by atoms with Crippen LogP contribution in [0.2, 0.25) is 0 Å². The number of ether oxygens (including phenoxy) is 1. The van der Waals surface area contributed by atoms with Crippen LogP contribution in [0.25, 0.3) is 0 Å². The number of hydrogen-bond acceptors (Lipinski definition) is 2. The zero-order valence-electron chi connectivity index (χ0n) is 6.89. The first-order valence-electron chi connectivity index (χ1n) is 3.54. The maximum absolute atomic E-state index is 5.67. The summed E-state index contributed by atoms with van der Waals surface area (Å²) in [5.41, 5.74) is 5.46. The Morgan fingerprint density at radius 1 is 1.60 bits per heavy atom. The standard InChI is InChI=1S/C8H17NO/c1-4-5-6-10-7-8(2,3)9/h4H,1,5-7,9H2,2-3H3. The van der Waals surface area contributed by atoms with Crippen LogP contribution in [0.5, 0.6) is 0 Å². The monoisotopic (exact) mass is 143 g/mol. The zero-order valence-corrected chi connectivity index (χ0v) is 6.89. The van der Waals surface area contributed by atoms with Crippen molar-refractivity contribution in [1.82, 2.24) is 0 Å². The average Bonchev–Trinajstić information content (AvgIpc) is 1.78. The largest absolute Gasteiger partial charge is 0.379 e. The highest BCUT2D eigenvalue weighted by Crippen LogP contribution is 1.97. The average molecular weight is 143 g/mol. The molecule has 0 aromatic rings. The molecule has 0 saturated carbocycles. The van der Waals surface area contributed by atoms with Crippen molar-refractivity contribution in [1.29, 1.82) is 0 Å². The molecular formula is C8H17NO. The van der Waals surface area contributed by atoms with Gasteiger partial charge in [0.05, 0.1) is 13.2 Å². The topological polar surface area (TPSA) is 35.2 Å². The molecule has 2 N–H and O–H groups in total. The van der Waals surface area contributed by atoms with Gasteiger partial charge >= 0.3 is 0 Å². The second-order valence-corrected chi connectivity index (χ2v) is 3.12. The molecule has 0 aliphatic heterocycles. The van der Waals surface area contributed by atoms with Gasteiger partial charge in [0.1, 0.15) is 0 Å². The van der Waals surface area contributed by atoms with Crippen molar-refractivity contribution in [3.63, 3.8) is 0 Å². The van der Waals surface area contributed by atoms with E-state index in [1.54, 1.807) is 0 Å². The highest BCUT2D eigenvalue weighted by atomic mass is 16.5. The van der Waals surface area contributed by atoms with E-state index in [1.807, 2.05) is 19.9 Å². The van der Waals surface area contributed by atoms with Gasteiger partial charge in [-0.3, -0.25) is 0 Å². The van der Waals surface area contributed by atoms with Crippen LogP contribution in [0, 0.1) is 0 Å². The minimum Gasteiger partial charge on any atom is -0.379 e. The molecule has 0 fully saturated rings. The van der Waals surface area contributed by atoms with E-state index < -0.39 is 0 Å². The van der Waals surface area contributed by atoms with Crippen molar-refractivity contribution >= 4 is 0 Å². The van der Waals surface area contributed by atoms with E-state index in [2.05, 4.69) is 6.58 Å². The van der Waals surface area contributed by atoms with Crippen LogP contribution in [0.1, 0.15) is 20.3 Å². The Bertz CT molecular complexity index is 93.9. The highest BCUT2D eigenvalue weighted by Gasteiger charge is 2.09. The molecule has 10 heavy (non-hydrogen) atoms. The fourth-order valence-electron chi connectivity index (χ4n) is 0.502. The summed E-state index contributed by atoms with van der Waals surface area (Å²) in [5, 5.41) is 0. The molecule has 2 heteroatoms. The molecule has 0 bridgehead atoms. The lowest BCUT2D eigenvalue weighted by molar-refractivity contribution is 0.101. The number of nitrogens with two attached hydrogens (primary N) is 1. The molecule has 0 aromatic carbocycles. The van der Waals surface area contributed by atoms with Crippen molar-refractivity contribution in [2.24, 2.45) is 5.73 Å². The Morgan fingerprint density at radius 2 is 2.20 bits per heavy atom. The SMILES string of the molecule is C=CCCOCC(C)(C)N. The van der Waals surface area contributed by atoms with Gasteiger partial charge in [-0.2, -0.15) is 0 Å². The molecular weight excluding hydrogens is 126 g/mol. The van der Waals surface area contributed by atoms with E-state index in [0.717, 1.165) is 13.0 Å². The summed E-state index contributed by atoms with van der Waals surface area (Å²) in [7, 11) is 0. The quantitative estimate of drug-likeness (QED) is 0.465. The molecule has 0 saturated heterocycles. The minimum atomic E-state index is -0.207. The van der Waals surface area contributed by atoms with E-state index in [4.69, 9.17) is 10.5 Å². The van der Waals surface area contributed by atoms with Gasteiger partial charge in [0.2, 0.25) is 0 Å². The molecule has 0 heterocycles. The van der Waals surface area contributed by atoms with E-state index in [9.17, 15) is 0 Å². The zero-order chi connectivity index (χ0) is 8.04. The van der Waals surface area contributed by atoms with Crippen molar-refractivity contribution < 1.29 is 4.74 Å². The van der Waals surface area contributed by atoms with Gasteiger partial charge in [-0.15, -0.1) is 6.58 Å². The number of rotatable bonds is 5. The molecule has 0 aromatic heterocycles. The smallest absolute Gasteiger partial charge is 0.0640 e. The molecule has 0 atom stereocenters. The molecule has 60 valence electrons. The van der Waals surface area contributed by atoms with Gasteiger partial charge in [0.15, 0.2) is 0 Å². The van der Waals surface area contributed by atoms with E-state index in [-0.39, 0.29) is 5.54 Å². The second kappa shape index (κ2) is 4.47. The molecule has 2 nitrogen and oxygen atoms in total.